The molecule has 2 saturated heterocycles. The van der Waals surface area contributed by atoms with Crippen molar-refractivity contribution in [2.75, 3.05) is 51.3 Å². The van der Waals surface area contributed by atoms with Gasteiger partial charge < -0.3 is 19.9 Å². The fourth-order valence-corrected chi connectivity index (χ4v) is 5.22. The number of anilines is 1. The molecule has 1 aliphatic carbocycles. The molecule has 27 heavy (non-hydrogen) atoms. The van der Waals surface area contributed by atoms with E-state index in [4.69, 9.17) is 4.74 Å². The SMILES string of the molecule is O=C(C[NH+]1CC[C@H]2CCCC[C@@H]2C1)Nc1ccc(C[NH+]2CCOCC2)cc1. The molecule has 5 heteroatoms. The van der Waals surface area contributed by atoms with Crippen molar-refractivity contribution >= 4 is 11.6 Å². The van der Waals surface area contributed by atoms with Crippen LogP contribution in [0, 0.1) is 11.8 Å². The van der Waals surface area contributed by atoms with Crippen LogP contribution in [0.5, 0.6) is 0 Å². The standard InChI is InChI=1S/C22H33N3O2/c26-22(17-25-10-9-19-3-1-2-4-20(19)16-25)23-21-7-5-18(6-8-21)15-24-11-13-27-14-12-24/h5-8,19-20H,1-4,9-17H2,(H,23,26)/p+2/t19-,20-/m1/s1. The van der Waals surface area contributed by atoms with Crippen molar-refractivity contribution in [1.29, 1.82) is 0 Å². The summed E-state index contributed by atoms with van der Waals surface area (Å²) in [4.78, 5) is 15.5. The molecular formula is C22H35N3O2+2. The van der Waals surface area contributed by atoms with E-state index in [1.54, 1.807) is 4.90 Å². The third-order valence-electron chi connectivity index (χ3n) is 6.79. The predicted octanol–water partition coefficient (Wildman–Crippen LogP) is 0.135. The molecule has 1 aromatic rings. The van der Waals surface area contributed by atoms with Crippen LogP contribution in [0.3, 0.4) is 0 Å². The molecule has 1 unspecified atom stereocenters. The minimum absolute atomic E-state index is 0.158. The summed E-state index contributed by atoms with van der Waals surface area (Å²) in [6.45, 7) is 7.90. The summed E-state index contributed by atoms with van der Waals surface area (Å²) in [7, 11) is 0. The van der Waals surface area contributed by atoms with Crippen molar-refractivity contribution < 1.29 is 19.3 Å². The highest BCUT2D eigenvalue weighted by molar-refractivity contribution is 5.91. The normalized spacial score (nSPS) is 29.1. The molecule has 148 valence electrons. The van der Waals surface area contributed by atoms with Gasteiger partial charge in [-0.1, -0.05) is 25.0 Å². The Bertz CT molecular complexity index is 612. The molecule has 1 amide bonds. The molecule has 0 radical (unpaired) electrons. The van der Waals surface area contributed by atoms with Crippen molar-refractivity contribution in [3.05, 3.63) is 29.8 Å². The fraction of sp³-hybridized carbons (Fsp3) is 0.682. The average Bonchev–Trinajstić information content (AvgIpc) is 2.70. The third-order valence-corrected chi connectivity index (χ3v) is 6.79. The Labute approximate surface area is 163 Å². The molecule has 3 N–H and O–H groups in total. The highest BCUT2D eigenvalue weighted by Gasteiger charge is 2.34. The van der Waals surface area contributed by atoms with Gasteiger partial charge in [0.2, 0.25) is 0 Å². The maximum absolute atomic E-state index is 12.5. The van der Waals surface area contributed by atoms with E-state index in [1.165, 1.54) is 49.1 Å². The summed E-state index contributed by atoms with van der Waals surface area (Å²) in [6, 6.07) is 8.41. The number of piperidine rings is 1. The summed E-state index contributed by atoms with van der Waals surface area (Å²) in [5, 5.41) is 3.11. The number of fused-ring (bicyclic) bond motifs is 1. The van der Waals surface area contributed by atoms with E-state index in [9.17, 15) is 4.79 Å². The molecule has 2 aliphatic heterocycles. The van der Waals surface area contributed by atoms with Gasteiger partial charge in [0.05, 0.1) is 26.3 Å². The quantitative estimate of drug-likeness (QED) is 0.687. The van der Waals surface area contributed by atoms with Crippen LogP contribution in [0.1, 0.15) is 37.7 Å². The Hall–Kier alpha value is -1.43. The van der Waals surface area contributed by atoms with Gasteiger partial charge in [-0.05, 0) is 37.3 Å². The monoisotopic (exact) mass is 373 g/mol. The van der Waals surface area contributed by atoms with Crippen LogP contribution in [-0.2, 0) is 16.1 Å². The second-order valence-corrected chi connectivity index (χ2v) is 8.76. The van der Waals surface area contributed by atoms with E-state index < -0.39 is 0 Å². The number of carbonyl (C=O) groups excluding carboxylic acids is 1. The summed E-state index contributed by atoms with van der Waals surface area (Å²) in [6.07, 6.45) is 6.91. The zero-order valence-corrected chi connectivity index (χ0v) is 16.5. The number of amides is 1. The van der Waals surface area contributed by atoms with Gasteiger partial charge in [-0.25, -0.2) is 0 Å². The lowest BCUT2D eigenvalue weighted by molar-refractivity contribution is -0.921. The van der Waals surface area contributed by atoms with Crippen LogP contribution < -0.4 is 15.1 Å². The molecule has 1 aromatic carbocycles. The Morgan fingerprint density at radius 2 is 1.70 bits per heavy atom. The fourth-order valence-electron chi connectivity index (χ4n) is 5.22. The van der Waals surface area contributed by atoms with E-state index in [-0.39, 0.29) is 5.91 Å². The first kappa shape index (κ1) is 18.9. The Morgan fingerprint density at radius 3 is 2.48 bits per heavy atom. The number of hydrogen-bond acceptors (Lipinski definition) is 2. The minimum atomic E-state index is 0.158. The highest BCUT2D eigenvalue weighted by Crippen LogP contribution is 2.32. The Balaban J connectivity index is 1.23. The van der Waals surface area contributed by atoms with E-state index in [1.807, 2.05) is 0 Å². The predicted molar refractivity (Wildman–Crippen MR) is 106 cm³/mol. The molecule has 2 heterocycles. The largest absolute Gasteiger partial charge is 0.370 e. The second-order valence-electron chi connectivity index (χ2n) is 8.76. The van der Waals surface area contributed by atoms with E-state index in [2.05, 4.69) is 29.6 Å². The summed E-state index contributed by atoms with van der Waals surface area (Å²) >= 11 is 0. The van der Waals surface area contributed by atoms with Crippen LogP contribution in [-0.4, -0.2) is 51.8 Å². The van der Waals surface area contributed by atoms with Gasteiger partial charge in [-0.2, -0.15) is 0 Å². The average molecular weight is 374 g/mol. The van der Waals surface area contributed by atoms with Crippen LogP contribution in [0.2, 0.25) is 0 Å². The summed E-state index contributed by atoms with van der Waals surface area (Å²) in [5.74, 6) is 1.95. The van der Waals surface area contributed by atoms with Gasteiger partial charge in [0, 0.05) is 17.2 Å². The maximum atomic E-state index is 12.5. The van der Waals surface area contributed by atoms with Gasteiger partial charge in [0.25, 0.3) is 5.91 Å². The molecule has 0 spiro atoms. The van der Waals surface area contributed by atoms with Crippen LogP contribution in [0.25, 0.3) is 0 Å². The Kier molecular flexibility index (Phi) is 6.43. The number of benzene rings is 1. The van der Waals surface area contributed by atoms with E-state index in [0.717, 1.165) is 56.9 Å². The lowest BCUT2D eigenvalue weighted by atomic mass is 9.75. The summed E-state index contributed by atoms with van der Waals surface area (Å²) in [5.41, 5.74) is 2.25. The van der Waals surface area contributed by atoms with Crippen molar-refractivity contribution in [2.45, 2.75) is 38.6 Å². The second kappa shape index (κ2) is 9.18. The molecule has 0 aromatic heterocycles. The number of ether oxygens (including phenoxy) is 1. The number of carbonyl (C=O) groups is 1. The van der Waals surface area contributed by atoms with Gasteiger partial charge in [-0.3, -0.25) is 4.79 Å². The Morgan fingerprint density at radius 1 is 0.963 bits per heavy atom. The molecule has 1 saturated carbocycles. The van der Waals surface area contributed by atoms with Gasteiger partial charge in [-0.15, -0.1) is 0 Å². The van der Waals surface area contributed by atoms with Crippen molar-refractivity contribution in [1.82, 2.24) is 0 Å². The molecule has 4 rings (SSSR count). The van der Waals surface area contributed by atoms with Crippen molar-refractivity contribution in [3.63, 3.8) is 0 Å². The first-order valence-electron chi connectivity index (χ1n) is 10.9. The number of likely N-dealkylation sites (tertiary alicyclic amines) is 1. The number of nitrogens with one attached hydrogen (secondary N) is 3. The third kappa shape index (κ3) is 5.31. The number of morpholine rings is 1. The number of quaternary nitrogens is 2. The molecule has 0 bridgehead atoms. The first-order valence-corrected chi connectivity index (χ1v) is 10.9. The molecule has 3 fully saturated rings. The zero-order valence-electron chi connectivity index (χ0n) is 16.5. The van der Waals surface area contributed by atoms with Gasteiger partial charge in [0.15, 0.2) is 6.54 Å². The smallest absolute Gasteiger partial charge is 0.279 e. The lowest BCUT2D eigenvalue weighted by Crippen LogP contribution is -3.15. The van der Waals surface area contributed by atoms with Crippen LogP contribution in [0.15, 0.2) is 24.3 Å². The molecule has 3 aliphatic rings. The topological polar surface area (TPSA) is 47.2 Å². The van der Waals surface area contributed by atoms with E-state index in [0.29, 0.717) is 6.54 Å². The zero-order chi connectivity index (χ0) is 18.5. The van der Waals surface area contributed by atoms with E-state index >= 15 is 0 Å². The van der Waals surface area contributed by atoms with Gasteiger partial charge >= 0.3 is 0 Å². The van der Waals surface area contributed by atoms with Gasteiger partial charge in [0.1, 0.15) is 19.6 Å². The minimum Gasteiger partial charge on any atom is -0.370 e. The number of rotatable bonds is 5. The first-order chi connectivity index (χ1) is 13.3. The highest BCUT2D eigenvalue weighted by atomic mass is 16.5. The van der Waals surface area contributed by atoms with Crippen molar-refractivity contribution in [3.8, 4) is 0 Å². The van der Waals surface area contributed by atoms with Crippen LogP contribution in [0.4, 0.5) is 5.69 Å². The summed E-state index contributed by atoms with van der Waals surface area (Å²) < 4.78 is 5.42. The van der Waals surface area contributed by atoms with Crippen molar-refractivity contribution in [2.24, 2.45) is 11.8 Å². The number of hydrogen-bond donors (Lipinski definition) is 3. The molecule has 5 nitrogen and oxygen atoms in total. The molecular weight excluding hydrogens is 338 g/mol. The van der Waals surface area contributed by atoms with Crippen LogP contribution >= 0.6 is 0 Å². The lowest BCUT2D eigenvalue weighted by Gasteiger charge is -2.38. The maximum Gasteiger partial charge on any atom is 0.279 e. The molecule has 3 atom stereocenters.